The molecule has 0 fully saturated rings. The Labute approximate surface area is 66.2 Å². The minimum absolute atomic E-state index is 0.138. The summed E-state index contributed by atoms with van der Waals surface area (Å²) in [6.45, 7) is 2.19. The van der Waals surface area contributed by atoms with E-state index >= 15 is 0 Å². The van der Waals surface area contributed by atoms with E-state index < -0.39 is 0 Å². The molecule has 0 saturated carbocycles. The average Bonchev–Trinajstić information content (AvgIpc) is 1.93. The number of hydrogen-bond donors (Lipinski definition) is 0. The zero-order valence-corrected chi connectivity index (χ0v) is 7.79. The highest BCUT2D eigenvalue weighted by Gasteiger charge is 1.88. The molecule has 0 aromatic heterocycles. The van der Waals surface area contributed by atoms with Gasteiger partial charge in [-0.25, -0.2) is 0 Å². The van der Waals surface area contributed by atoms with Crippen molar-refractivity contribution in [1.82, 2.24) is 3.11 Å². The van der Waals surface area contributed by atoms with E-state index in [2.05, 4.69) is 41.5 Å². The fourth-order valence-electron chi connectivity index (χ4n) is 0.623. The van der Waals surface area contributed by atoms with Crippen LogP contribution in [0.25, 0.3) is 0 Å². The van der Waals surface area contributed by atoms with E-state index in [1.807, 2.05) is 0 Å². The second-order valence-corrected chi connectivity index (χ2v) is 5.60. The molecule has 0 aromatic rings. The zero-order chi connectivity index (χ0) is 6.69. The van der Waals surface area contributed by atoms with E-state index in [1.165, 1.54) is 3.51 Å². The SMILES string of the molecule is CC1=IN(C)C=CC=C1. The fraction of sp³-hybridized carbons (Fsp3) is 0.286. The van der Waals surface area contributed by atoms with Crippen LogP contribution in [-0.4, -0.2) is 13.7 Å². The lowest BCUT2D eigenvalue weighted by atomic mass is 10.4. The van der Waals surface area contributed by atoms with Gasteiger partial charge in [0.05, 0.1) is 0 Å². The van der Waals surface area contributed by atoms with Crippen LogP contribution in [0, 0.1) is 0 Å². The van der Waals surface area contributed by atoms with E-state index in [1.54, 1.807) is 0 Å². The van der Waals surface area contributed by atoms with Gasteiger partial charge in [-0.15, -0.1) is 0 Å². The molecule has 0 aromatic carbocycles. The molecule has 1 nitrogen and oxygen atoms in total. The quantitative estimate of drug-likeness (QED) is 0.459. The monoisotopic (exact) mass is 235 g/mol. The summed E-state index contributed by atoms with van der Waals surface area (Å²) < 4.78 is 3.79. The molecular formula is C7H10IN. The molecule has 0 unspecified atom stereocenters. The number of rotatable bonds is 0. The van der Waals surface area contributed by atoms with Crippen LogP contribution < -0.4 is 0 Å². The molecule has 0 N–H and O–H groups in total. The van der Waals surface area contributed by atoms with Crippen molar-refractivity contribution in [2.24, 2.45) is 0 Å². The number of hydrogen-bond acceptors (Lipinski definition) is 1. The summed E-state index contributed by atoms with van der Waals surface area (Å²) in [6.07, 6.45) is 8.49. The van der Waals surface area contributed by atoms with E-state index in [4.69, 9.17) is 0 Å². The van der Waals surface area contributed by atoms with Crippen LogP contribution in [0.3, 0.4) is 0 Å². The third-order valence-electron chi connectivity index (χ3n) is 0.995. The molecule has 0 spiro atoms. The van der Waals surface area contributed by atoms with Crippen molar-refractivity contribution in [3.8, 4) is 0 Å². The van der Waals surface area contributed by atoms with Gasteiger partial charge in [0.15, 0.2) is 0 Å². The molecule has 0 bridgehead atoms. The van der Waals surface area contributed by atoms with Crippen LogP contribution >= 0.6 is 21.0 Å². The molecule has 1 rings (SSSR count). The largest absolute Gasteiger partial charge is 0.330 e. The minimum Gasteiger partial charge on any atom is -0.330 e. The van der Waals surface area contributed by atoms with Gasteiger partial charge in [-0.1, -0.05) is 12.2 Å². The number of allylic oxidation sites excluding steroid dienone is 3. The topological polar surface area (TPSA) is 3.24 Å². The van der Waals surface area contributed by atoms with Gasteiger partial charge in [0.1, 0.15) is 0 Å². The highest BCUT2D eigenvalue weighted by molar-refractivity contribution is 14.2. The predicted molar refractivity (Wildman–Crippen MR) is 50.7 cm³/mol. The van der Waals surface area contributed by atoms with Crippen LogP contribution in [0.1, 0.15) is 6.92 Å². The summed E-state index contributed by atoms with van der Waals surface area (Å²) in [5.74, 6) is 0. The van der Waals surface area contributed by atoms with Crippen LogP contribution in [0.4, 0.5) is 0 Å². The second kappa shape index (κ2) is 3.15. The number of halogens is 1. The molecule has 1 aliphatic rings. The summed E-state index contributed by atoms with van der Waals surface area (Å²) in [5.41, 5.74) is 0. The summed E-state index contributed by atoms with van der Waals surface area (Å²) >= 11 is 0.138. The lowest BCUT2D eigenvalue weighted by molar-refractivity contribution is 0.835. The van der Waals surface area contributed by atoms with E-state index in [-0.39, 0.29) is 21.0 Å². The van der Waals surface area contributed by atoms with Crippen molar-refractivity contribution in [3.05, 3.63) is 24.4 Å². The van der Waals surface area contributed by atoms with Crippen molar-refractivity contribution in [2.45, 2.75) is 6.92 Å². The molecule has 1 aliphatic heterocycles. The average molecular weight is 235 g/mol. The maximum Gasteiger partial charge on any atom is 0.0158 e. The van der Waals surface area contributed by atoms with Gasteiger partial charge in [0, 0.05) is 34.3 Å². The lowest BCUT2D eigenvalue weighted by Gasteiger charge is -2.03. The van der Waals surface area contributed by atoms with Gasteiger partial charge in [-0.05, 0) is 16.5 Å². The Morgan fingerprint density at radius 2 is 2.22 bits per heavy atom. The van der Waals surface area contributed by atoms with Crippen molar-refractivity contribution >= 4 is 24.5 Å². The van der Waals surface area contributed by atoms with Crippen LogP contribution in [-0.2, 0) is 0 Å². The summed E-state index contributed by atoms with van der Waals surface area (Å²) in [5, 5.41) is 0. The van der Waals surface area contributed by atoms with Gasteiger partial charge < -0.3 is 3.11 Å². The Balaban J connectivity index is 2.77. The normalized spacial score (nSPS) is 18.4. The molecule has 2 heteroatoms. The Kier molecular flexibility index (Phi) is 2.45. The molecule has 0 radical (unpaired) electrons. The van der Waals surface area contributed by atoms with E-state index in [0.717, 1.165) is 0 Å². The zero-order valence-electron chi connectivity index (χ0n) is 5.63. The highest BCUT2D eigenvalue weighted by Crippen LogP contribution is 2.10. The predicted octanol–water partition coefficient (Wildman–Crippen LogP) is 2.08. The van der Waals surface area contributed by atoms with Gasteiger partial charge in [0.25, 0.3) is 0 Å². The summed E-state index contributed by atoms with van der Waals surface area (Å²) in [6, 6.07) is 0. The molecular weight excluding hydrogens is 225 g/mol. The standard InChI is InChI=1S/C7H10IN/c1-7-5-3-4-6-9(2)8-7/h3-6H,1-2H3. The van der Waals surface area contributed by atoms with E-state index in [9.17, 15) is 0 Å². The van der Waals surface area contributed by atoms with Gasteiger partial charge in [-0.3, -0.25) is 0 Å². The molecule has 0 aliphatic carbocycles. The third-order valence-corrected chi connectivity index (χ3v) is 3.20. The lowest BCUT2D eigenvalue weighted by Crippen LogP contribution is -1.92. The Bertz CT molecular complexity index is 179. The smallest absolute Gasteiger partial charge is 0.0158 e. The maximum atomic E-state index is 2.27. The van der Waals surface area contributed by atoms with E-state index in [0.29, 0.717) is 0 Å². The molecule has 1 heterocycles. The first-order valence-electron chi connectivity index (χ1n) is 2.85. The van der Waals surface area contributed by atoms with Crippen LogP contribution in [0.2, 0.25) is 0 Å². The molecule has 50 valence electrons. The van der Waals surface area contributed by atoms with Gasteiger partial charge in [-0.2, -0.15) is 0 Å². The first-order chi connectivity index (χ1) is 4.29. The molecule has 0 atom stereocenters. The van der Waals surface area contributed by atoms with Crippen molar-refractivity contribution in [1.29, 1.82) is 0 Å². The fourth-order valence-corrected chi connectivity index (χ4v) is 2.54. The Morgan fingerprint density at radius 3 is 3.00 bits per heavy atom. The molecule has 0 amide bonds. The van der Waals surface area contributed by atoms with Crippen molar-refractivity contribution in [2.75, 3.05) is 7.05 Å². The van der Waals surface area contributed by atoms with Crippen molar-refractivity contribution in [3.63, 3.8) is 0 Å². The molecule has 9 heavy (non-hydrogen) atoms. The van der Waals surface area contributed by atoms with Crippen LogP contribution in [0.15, 0.2) is 24.4 Å². The first-order valence-corrected chi connectivity index (χ1v) is 4.90. The van der Waals surface area contributed by atoms with Gasteiger partial charge >= 0.3 is 0 Å². The first kappa shape index (κ1) is 6.99. The summed E-state index contributed by atoms with van der Waals surface area (Å²) in [4.78, 5) is 0. The van der Waals surface area contributed by atoms with Crippen molar-refractivity contribution < 1.29 is 0 Å². The van der Waals surface area contributed by atoms with Crippen LogP contribution in [0.5, 0.6) is 0 Å². The minimum atomic E-state index is 0.138. The Morgan fingerprint density at radius 1 is 1.44 bits per heavy atom. The maximum absolute atomic E-state index is 2.27. The third kappa shape index (κ3) is 2.30. The Hall–Kier alpha value is -0.120. The summed E-state index contributed by atoms with van der Waals surface area (Å²) in [7, 11) is 2.13. The number of nitrogens with zero attached hydrogens (tertiary/aromatic N) is 1. The second-order valence-electron chi connectivity index (χ2n) is 1.90. The molecule has 0 saturated heterocycles. The highest BCUT2D eigenvalue weighted by atomic mass is 127. The van der Waals surface area contributed by atoms with Gasteiger partial charge in [0.2, 0.25) is 0 Å².